The predicted octanol–water partition coefficient (Wildman–Crippen LogP) is 6.47. The van der Waals surface area contributed by atoms with Gasteiger partial charge in [-0.15, -0.1) is 0 Å². The number of unbranched alkanes of at least 4 members (excludes halogenated alkanes) is 2. The molecule has 2 nitrogen and oxygen atoms in total. The summed E-state index contributed by atoms with van der Waals surface area (Å²) < 4.78 is 78.3. The van der Waals surface area contributed by atoms with Gasteiger partial charge in [0.05, 0.1) is 13.2 Å². The molecule has 144 valence electrons. The molecule has 0 N–H and O–H groups in total. The fourth-order valence-electron chi connectivity index (χ4n) is 1.67. The minimum absolute atomic E-state index is 0.310. The van der Waals surface area contributed by atoms with Crippen molar-refractivity contribution in [3.05, 3.63) is 34.6 Å². The van der Waals surface area contributed by atoms with E-state index in [9.17, 15) is 22.0 Å². The molecule has 0 aromatic heterocycles. The van der Waals surface area contributed by atoms with Crippen molar-refractivity contribution in [1.29, 1.82) is 0 Å². The molecular formula is C15H20F5O2PS2. The molecule has 0 saturated heterocycles. The molecule has 0 spiro atoms. The van der Waals surface area contributed by atoms with Gasteiger partial charge in [-0.2, -0.15) is 0 Å². The minimum atomic E-state index is -2.95. The van der Waals surface area contributed by atoms with E-state index < -0.39 is 46.1 Å². The van der Waals surface area contributed by atoms with Gasteiger partial charge < -0.3 is 9.05 Å². The standard InChI is InChI=1S/C15H20F5O2PS2/c1-3-5-7-21-23(24,22-8-6-4-2)25-9-10-11(16)13(18)15(20)14(19)12(10)17/h3-9H2,1-2H3. The summed E-state index contributed by atoms with van der Waals surface area (Å²) in [7, 11) is 0. The third kappa shape index (κ3) is 6.47. The van der Waals surface area contributed by atoms with E-state index >= 15 is 0 Å². The average molecular weight is 422 g/mol. The van der Waals surface area contributed by atoms with E-state index in [0.717, 1.165) is 37.1 Å². The molecule has 0 radical (unpaired) electrons. The summed E-state index contributed by atoms with van der Waals surface area (Å²) in [4.78, 5) is 0. The van der Waals surface area contributed by atoms with Gasteiger partial charge in [0.2, 0.25) is 11.5 Å². The van der Waals surface area contributed by atoms with Crippen LogP contribution in [-0.4, -0.2) is 13.2 Å². The van der Waals surface area contributed by atoms with Crippen LogP contribution in [0.3, 0.4) is 0 Å². The number of hydrogen-bond acceptors (Lipinski definition) is 4. The molecule has 0 atom stereocenters. The summed E-state index contributed by atoms with van der Waals surface area (Å²) in [6, 6.07) is 0. The highest BCUT2D eigenvalue weighted by atomic mass is 32.9. The van der Waals surface area contributed by atoms with Gasteiger partial charge in [-0.05, 0) is 24.6 Å². The predicted molar refractivity (Wildman–Crippen MR) is 93.5 cm³/mol. The maximum atomic E-state index is 13.8. The van der Waals surface area contributed by atoms with Crippen molar-refractivity contribution in [3.8, 4) is 0 Å². The SMILES string of the molecule is CCCCOP(=S)(OCCCC)SCc1c(F)c(F)c(F)c(F)c1F. The molecule has 1 aromatic rings. The van der Waals surface area contributed by atoms with E-state index in [1.165, 1.54) is 0 Å². The molecule has 10 heteroatoms. The molecule has 0 bridgehead atoms. The van der Waals surface area contributed by atoms with E-state index in [1.807, 2.05) is 13.8 Å². The van der Waals surface area contributed by atoms with Crippen molar-refractivity contribution in [2.75, 3.05) is 13.2 Å². The Morgan fingerprint density at radius 1 is 0.800 bits per heavy atom. The van der Waals surface area contributed by atoms with Gasteiger partial charge in [0.15, 0.2) is 23.3 Å². The zero-order valence-corrected chi connectivity index (χ0v) is 16.4. The normalized spacial score (nSPS) is 12.0. The molecule has 0 aliphatic rings. The third-order valence-electron chi connectivity index (χ3n) is 3.16. The summed E-state index contributed by atoms with van der Waals surface area (Å²) in [6.45, 7) is 4.52. The van der Waals surface area contributed by atoms with E-state index in [4.69, 9.17) is 20.9 Å². The minimum Gasteiger partial charge on any atom is -0.322 e. The first-order valence-electron chi connectivity index (χ1n) is 7.81. The quantitative estimate of drug-likeness (QED) is 0.134. The fourth-order valence-corrected chi connectivity index (χ4v) is 5.82. The number of rotatable bonds is 11. The van der Waals surface area contributed by atoms with Gasteiger partial charge in [0.1, 0.15) is 0 Å². The zero-order chi connectivity index (χ0) is 19.0. The van der Waals surface area contributed by atoms with Crippen LogP contribution in [0.5, 0.6) is 0 Å². The lowest BCUT2D eigenvalue weighted by Crippen LogP contribution is -2.06. The Hall–Kier alpha value is -0.210. The Morgan fingerprint density at radius 3 is 1.60 bits per heavy atom. The first kappa shape index (κ1) is 22.8. The summed E-state index contributed by atoms with van der Waals surface area (Å²) in [5.74, 6) is -10.4. The van der Waals surface area contributed by atoms with Crippen molar-refractivity contribution in [1.82, 2.24) is 0 Å². The molecule has 0 unspecified atom stereocenters. The topological polar surface area (TPSA) is 18.5 Å². The maximum absolute atomic E-state index is 13.8. The summed E-state index contributed by atoms with van der Waals surface area (Å²) >= 11 is 6.10. The number of halogens is 5. The summed E-state index contributed by atoms with van der Waals surface area (Å²) in [5.41, 5.74) is -3.87. The molecule has 0 aliphatic heterocycles. The van der Waals surface area contributed by atoms with Crippen LogP contribution in [0.25, 0.3) is 0 Å². The molecule has 0 heterocycles. The van der Waals surface area contributed by atoms with Gasteiger partial charge >= 0.3 is 0 Å². The molecular weight excluding hydrogens is 402 g/mol. The van der Waals surface area contributed by atoms with Crippen LogP contribution in [0, 0.1) is 29.1 Å². The highest BCUT2D eigenvalue weighted by molar-refractivity contribution is 8.67. The summed E-state index contributed by atoms with van der Waals surface area (Å²) in [5, 5.41) is 0. The Labute approximate surface area is 153 Å². The van der Waals surface area contributed by atoms with Crippen LogP contribution < -0.4 is 0 Å². The van der Waals surface area contributed by atoms with Gasteiger partial charge in [0.25, 0.3) is 0 Å². The van der Waals surface area contributed by atoms with Gasteiger partial charge in [-0.1, -0.05) is 38.1 Å². The van der Waals surface area contributed by atoms with Crippen molar-refractivity contribution >= 4 is 28.9 Å². The van der Waals surface area contributed by atoms with Crippen LogP contribution in [-0.2, 0) is 26.6 Å². The molecule has 1 rings (SSSR count). The Bertz CT molecular complexity index is 587. The Balaban J connectivity index is 2.94. The lowest BCUT2D eigenvalue weighted by molar-refractivity contribution is 0.253. The van der Waals surface area contributed by atoms with E-state index in [-0.39, 0.29) is 0 Å². The van der Waals surface area contributed by atoms with Crippen LogP contribution >= 0.6 is 17.1 Å². The molecule has 0 fully saturated rings. The van der Waals surface area contributed by atoms with Crippen LogP contribution in [0.2, 0.25) is 0 Å². The van der Waals surface area contributed by atoms with Crippen molar-refractivity contribution in [2.45, 2.75) is 45.3 Å². The highest BCUT2D eigenvalue weighted by Gasteiger charge is 2.28. The molecule has 0 saturated carbocycles. The lowest BCUT2D eigenvalue weighted by Gasteiger charge is -2.22. The van der Waals surface area contributed by atoms with Gasteiger partial charge in [0, 0.05) is 11.3 Å². The monoisotopic (exact) mass is 422 g/mol. The fraction of sp³-hybridized carbons (Fsp3) is 0.600. The molecule has 25 heavy (non-hydrogen) atoms. The molecule has 0 amide bonds. The number of hydrogen-bond donors (Lipinski definition) is 0. The lowest BCUT2D eigenvalue weighted by atomic mass is 10.2. The van der Waals surface area contributed by atoms with Crippen molar-refractivity contribution in [2.24, 2.45) is 0 Å². The molecule has 0 aliphatic carbocycles. The Kier molecular flexibility index (Phi) is 9.88. The third-order valence-corrected chi connectivity index (χ3v) is 8.44. The van der Waals surface area contributed by atoms with Crippen LogP contribution in [0.4, 0.5) is 22.0 Å². The first-order chi connectivity index (χ1) is 11.8. The summed E-state index contributed by atoms with van der Waals surface area (Å²) in [6.07, 6.45) is 3.15. The van der Waals surface area contributed by atoms with E-state index in [2.05, 4.69) is 0 Å². The van der Waals surface area contributed by atoms with Crippen molar-refractivity contribution < 1.29 is 31.0 Å². The van der Waals surface area contributed by atoms with Gasteiger partial charge in [-0.25, -0.2) is 22.0 Å². The zero-order valence-electron chi connectivity index (χ0n) is 13.9. The van der Waals surface area contributed by atoms with E-state index in [0.29, 0.717) is 13.2 Å². The van der Waals surface area contributed by atoms with Crippen LogP contribution in [0.1, 0.15) is 45.1 Å². The average Bonchev–Trinajstić information content (AvgIpc) is 2.59. The highest BCUT2D eigenvalue weighted by Crippen LogP contribution is 2.62. The second kappa shape index (κ2) is 10.8. The Morgan fingerprint density at radius 2 is 1.20 bits per heavy atom. The molecule has 1 aromatic carbocycles. The second-order valence-corrected chi connectivity index (χ2v) is 11.5. The first-order valence-corrected chi connectivity index (χ1v) is 12.0. The maximum Gasteiger partial charge on any atom is 0.247 e. The smallest absolute Gasteiger partial charge is 0.247 e. The number of benzene rings is 1. The van der Waals surface area contributed by atoms with Gasteiger partial charge in [-0.3, -0.25) is 0 Å². The van der Waals surface area contributed by atoms with E-state index in [1.54, 1.807) is 0 Å². The largest absolute Gasteiger partial charge is 0.322 e. The van der Waals surface area contributed by atoms with Crippen molar-refractivity contribution in [3.63, 3.8) is 0 Å². The van der Waals surface area contributed by atoms with Crippen LogP contribution in [0.15, 0.2) is 0 Å². The second-order valence-electron chi connectivity index (χ2n) is 5.14.